The van der Waals surface area contributed by atoms with Gasteiger partial charge in [0, 0.05) is 10.6 Å². The summed E-state index contributed by atoms with van der Waals surface area (Å²) in [7, 11) is 0. The zero-order valence-electron chi connectivity index (χ0n) is 8.63. The van der Waals surface area contributed by atoms with Crippen LogP contribution < -0.4 is 5.73 Å². The predicted octanol–water partition coefficient (Wildman–Crippen LogP) is 3.17. The van der Waals surface area contributed by atoms with Crippen molar-refractivity contribution < 1.29 is 0 Å². The zero-order chi connectivity index (χ0) is 10.3. The van der Waals surface area contributed by atoms with Crippen molar-refractivity contribution in [2.24, 2.45) is 17.6 Å². The highest BCUT2D eigenvalue weighted by molar-refractivity contribution is 6.31. The molecule has 0 heterocycles. The number of hydrogen-bond acceptors (Lipinski definition) is 1. The summed E-state index contributed by atoms with van der Waals surface area (Å²) in [5, 5.41) is 0.804. The highest BCUT2D eigenvalue weighted by Crippen LogP contribution is 2.54. The highest BCUT2D eigenvalue weighted by Gasteiger charge is 2.54. The molecule has 0 aromatic heterocycles. The van der Waals surface area contributed by atoms with Crippen molar-refractivity contribution in [3.8, 4) is 0 Å². The molecule has 1 fully saturated rings. The summed E-state index contributed by atoms with van der Waals surface area (Å²) in [6, 6.07) is 7.92. The summed E-state index contributed by atoms with van der Waals surface area (Å²) in [4.78, 5) is 0. The molecule has 2 N–H and O–H groups in total. The van der Waals surface area contributed by atoms with Crippen molar-refractivity contribution in [2.45, 2.75) is 25.8 Å². The SMILES string of the molecule is CC(C)C1CC1(N)c1ccccc1Cl. The Bertz CT molecular complexity index is 348. The molecular formula is C12H16ClN. The predicted molar refractivity (Wildman–Crippen MR) is 60.3 cm³/mol. The Hall–Kier alpha value is -0.530. The van der Waals surface area contributed by atoms with Crippen LogP contribution >= 0.6 is 11.6 Å². The summed E-state index contributed by atoms with van der Waals surface area (Å²) in [6.45, 7) is 4.44. The number of nitrogens with two attached hydrogens (primary N) is 1. The summed E-state index contributed by atoms with van der Waals surface area (Å²) in [6.07, 6.45) is 1.06. The standard InChI is InChI=1S/C12H16ClN/c1-8(2)10-7-12(10,14)9-5-3-4-6-11(9)13/h3-6,8,10H,7,14H2,1-2H3. The maximum Gasteiger partial charge on any atom is 0.0459 e. The van der Waals surface area contributed by atoms with E-state index >= 15 is 0 Å². The van der Waals surface area contributed by atoms with E-state index in [2.05, 4.69) is 13.8 Å². The number of halogens is 1. The monoisotopic (exact) mass is 209 g/mol. The lowest BCUT2D eigenvalue weighted by Crippen LogP contribution is -2.24. The van der Waals surface area contributed by atoms with Crippen molar-refractivity contribution in [1.29, 1.82) is 0 Å². The van der Waals surface area contributed by atoms with Gasteiger partial charge in [-0.3, -0.25) is 0 Å². The molecule has 0 spiro atoms. The number of benzene rings is 1. The second kappa shape index (κ2) is 3.25. The second-order valence-electron chi connectivity index (χ2n) is 4.57. The molecule has 1 aromatic rings. The molecule has 76 valence electrons. The van der Waals surface area contributed by atoms with Gasteiger partial charge < -0.3 is 5.73 Å². The van der Waals surface area contributed by atoms with Crippen molar-refractivity contribution in [1.82, 2.24) is 0 Å². The molecular weight excluding hydrogens is 194 g/mol. The Balaban J connectivity index is 2.30. The maximum absolute atomic E-state index is 6.33. The largest absolute Gasteiger partial charge is 0.321 e. The minimum absolute atomic E-state index is 0.160. The van der Waals surface area contributed by atoms with Gasteiger partial charge >= 0.3 is 0 Å². The molecule has 1 aliphatic rings. The Labute approximate surface area is 90.3 Å². The molecule has 2 unspecified atom stereocenters. The van der Waals surface area contributed by atoms with Gasteiger partial charge in [0.15, 0.2) is 0 Å². The van der Waals surface area contributed by atoms with E-state index in [0.717, 1.165) is 17.0 Å². The van der Waals surface area contributed by atoms with Gasteiger partial charge in [-0.2, -0.15) is 0 Å². The van der Waals surface area contributed by atoms with E-state index in [0.29, 0.717) is 11.8 Å². The first-order chi connectivity index (χ1) is 6.55. The molecule has 0 saturated heterocycles. The smallest absolute Gasteiger partial charge is 0.0459 e. The van der Waals surface area contributed by atoms with E-state index < -0.39 is 0 Å². The van der Waals surface area contributed by atoms with Gasteiger partial charge in [0.2, 0.25) is 0 Å². The fourth-order valence-corrected chi connectivity index (χ4v) is 2.60. The van der Waals surface area contributed by atoms with Crippen molar-refractivity contribution >= 4 is 11.6 Å². The molecule has 1 saturated carbocycles. The van der Waals surface area contributed by atoms with Crippen molar-refractivity contribution in [3.05, 3.63) is 34.9 Å². The van der Waals surface area contributed by atoms with Crippen LogP contribution in [0.15, 0.2) is 24.3 Å². The van der Waals surface area contributed by atoms with Crippen LogP contribution in [-0.2, 0) is 5.54 Å². The lowest BCUT2D eigenvalue weighted by Gasteiger charge is -2.15. The number of rotatable bonds is 2. The molecule has 14 heavy (non-hydrogen) atoms. The van der Waals surface area contributed by atoms with Gasteiger partial charge in [-0.25, -0.2) is 0 Å². The van der Waals surface area contributed by atoms with E-state index in [1.54, 1.807) is 0 Å². The van der Waals surface area contributed by atoms with Gasteiger partial charge in [-0.1, -0.05) is 43.6 Å². The summed E-state index contributed by atoms with van der Waals surface area (Å²) in [5.74, 6) is 1.22. The Morgan fingerprint density at radius 1 is 1.43 bits per heavy atom. The molecule has 2 heteroatoms. The molecule has 0 aliphatic heterocycles. The van der Waals surface area contributed by atoms with Crippen LogP contribution in [0.5, 0.6) is 0 Å². The van der Waals surface area contributed by atoms with Crippen LogP contribution in [0.25, 0.3) is 0 Å². The van der Waals surface area contributed by atoms with Gasteiger partial charge in [-0.15, -0.1) is 0 Å². The van der Waals surface area contributed by atoms with E-state index in [9.17, 15) is 0 Å². The fraction of sp³-hybridized carbons (Fsp3) is 0.500. The Morgan fingerprint density at radius 2 is 2.07 bits per heavy atom. The topological polar surface area (TPSA) is 26.0 Å². The molecule has 1 nitrogen and oxygen atoms in total. The van der Waals surface area contributed by atoms with Crippen LogP contribution in [0.2, 0.25) is 5.02 Å². The van der Waals surface area contributed by atoms with Crippen LogP contribution in [-0.4, -0.2) is 0 Å². The molecule has 0 bridgehead atoms. The van der Waals surface area contributed by atoms with Crippen molar-refractivity contribution in [2.75, 3.05) is 0 Å². The van der Waals surface area contributed by atoms with E-state index in [4.69, 9.17) is 17.3 Å². The third-order valence-corrected chi connectivity index (χ3v) is 3.57. The minimum atomic E-state index is -0.160. The average molecular weight is 210 g/mol. The van der Waals surface area contributed by atoms with E-state index in [1.165, 1.54) is 0 Å². The zero-order valence-corrected chi connectivity index (χ0v) is 9.38. The lowest BCUT2D eigenvalue weighted by atomic mass is 9.98. The summed E-state index contributed by atoms with van der Waals surface area (Å²) >= 11 is 6.14. The Kier molecular flexibility index (Phi) is 2.32. The minimum Gasteiger partial charge on any atom is -0.321 e. The van der Waals surface area contributed by atoms with E-state index in [1.807, 2.05) is 24.3 Å². The van der Waals surface area contributed by atoms with Gasteiger partial charge in [0.1, 0.15) is 0 Å². The van der Waals surface area contributed by atoms with Crippen molar-refractivity contribution in [3.63, 3.8) is 0 Å². The first-order valence-corrected chi connectivity index (χ1v) is 5.47. The number of hydrogen-bond donors (Lipinski definition) is 1. The second-order valence-corrected chi connectivity index (χ2v) is 4.98. The molecule has 0 radical (unpaired) electrons. The summed E-state index contributed by atoms with van der Waals surface area (Å²) < 4.78 is 0. The third-order valence-electron chi connectivity index (χ3n) is 3.24. The normalized spacial score (nSPS) is 30.8. The van der Waals surface area contributed by atoms with Gasteiger partial charge in [0.05, 0.1) is 0 Å². The molecule has 1 aliphatic carbocycles. The van der Waals surface area contributed by atoms with Crippen LogP contribution in [0.1, 0.15) is 25.8 Å². The van der Waals surface area contributed by atoms with Gasteiger partial charge in [0.25, 0.3) is 0 Å². The van der Waals surface area contributed by atoms with Crippen LogP contribution in [0.3, 0.4) is 0 Å². The maximum atomic E-state index is 6.33. The first-order valence-electron chi connectivity index (χ1n) is 5.09. The highest BCUT2D eigenvalue weighted by atomic mass is 35.5. The quantitative estimate of drug-likeness (QED) is 0.796. The molecule has 2 atom stereocenters. The first kappa shape index (κ1) is 10.0. The van der Waals surface area contributed by atoms with Gasteiger partial charge in [-0.05, 0) is 29.9 Å². The Morgan fingerprint density at radius 3 is 2.57 bits per heavy atom. The molecule has 1 aromatic carbocycles. The fourth-order valence-electron chi connectivity index (χ4n) is 2.28. The molecule has 2 rings (SSSR count). The van der Waals surface area contributed by atoms with Crippen LogP contribution in [0, 0.1) is 11.8 Å². The molecule has 0 amide bonds. The van der Waals surface area contributed by atoms with E-state index in [-0.39, 0.29) is 5.54 Å². The van der Waals surface area contributed by atoms with Crippen LogP contribution in [0.4, 0.5) is 0 Å². The lowest BCUT2D eigenvalue weighted by molar-refractivity contribution is 0.488. The summed E-state index contributed by atoms with van der Waals surface area (Å²) in [5.41, 5.74) is 7.28. The third kappa shape index (κ3) is 1.45. The average Bonchev–Trinajstić information content (AvgIpc) is 2.80.